The Bertz CT molecular complexity index is 1270. The molecule has 0 N–H and O–H groups in total. The molecule has 2 aliphatic rings. The number of ether oxygens (including phenoxy) is 2. The van der Waals surface area contributed by atoms with Crippen LogP contribution in [0.25, 0.3) is 0 Å². The highest BCUT2D eigenvalue weighted by molar-refractivity contribution is 5.94. The summed E-state index contributed by atoms with van der Waals surface area (Å²) in [6, 6.07) is 21.6. The third kappa shape index (κ3) is 4.93. The lowest BCUT2D eigenvalue weighted by Crippen LogP contribution is -2.49. The number of carbonyl (C=O) groups is 2. The zero-order valence-electron chi connectivity index (χ0n) is 21.8. The molecule has 2 unspecified atom stereocenters. The Morgan fingerprint density at radius 3 is 2.30 bits per heavy atom. The van der Waals surface area contributed by atoms with Crippen molar-refractivity contribution >= 4 is 11.8 Å². The quantitative estimate of drug-likeness (QED) is 0.495. The zero-order chi connectivity index (χ0) is 25.9. The molecule has 37 heavy (non-hydrogen) atoms. The first-order chi connectivity index (χ1) is 18.0. The average Bonchev–Trinajstić information content (AvgIpc) is 2.95. The number of methoxy groups -OCH3 is 2. The fraction of sp³-hybridized carbons (Fsp3) is 0.355. The van der Waals surface area contributed by atoms with Crippen LogP contribution in [0.1, 0.15) is 51.5 Å². The number of benzene rings is 3. The molecule has 3 aromatic rings. The molecule has 192 valence electrons. The number of hydrogen-bond acceptors (Lipinski definition) is 4. The molecule has 0 bridgehead atoms. The van der Waals surface area contributed by atoms with E-state index in [1.165, 1.54) is 0 Å². The normalized spacial score (nSPS) is 19.2. The molecule has 0 aromatic heterocycles. The van der Waals surface area contributed by atoms with Crippen LogP contribution in [0.15, 0.2) is 66.7 Å². The number of aryl methyl sites for hydroxylation is 1. The van der Waals surface area contributed by atoms with Crippen LogP contribution in [0.3, 0.4) is 0 Å². The molecule has 1 saturated heterocycles. The number of rotatable bonds is 5. The van der Waals surface area contributed by atoms with E-state index in [0.717, 1.165) is 41.5 Å². The van der Waals surface area contributed by atoms with Gasteiger partial charge in [-0.15, -0.1) is 0 Å². The third-order valence-corrected chi connectivity index (χ3v) is 7.63. The van der Waals surface area contributed by atoms with E-state index in [0.29, 0.717) is 36.7 Å². The topological polar surface area (TPSA) is 59.1 Å². The maximum absolute atomic E-state index is 14.1. The highest BCUT2D eigenvalue weighted by atomic mass is 16.5. The molecular formula is C31H34N2O4. The van der Waals surface area contributed by atoms with E-state index in [1.54, 1.807) is 14.2 Å². The van der Waals surface area contributed by atoms with Crippen LogP contribution in [0, 0.1) is 12.8 Å². The van der Waals surface area contributed by atoms with Crippen LogP contribution in [0.4, 0.5) is 0 Å². The molecule has 0 radical (unpaired) electrons. The minimum Gasteiger partial charge on any atom is -0.493 e. The summed E-state index contributed by atoms with van der Waals surface area (Å²) in [6.07, 6.45) is 2.34. The van der Waals surface area contributed by atoms with Crippen LogP contribution in [-0.2, 0) is 11.2 Å². The second-order valence-corrected chi connectivity index (χ2v) is 9.96. The summed E-state index contributed by atoms with van der Waals surface area (Å²) >= 11 is 0. The fourth-order valence-corrected chi connectivity index (χ4v) is 5.65. The van der Waals surface area contributed by atoms with Crippen LogP contribution in [-0.4, -0.2) is 55.5 Å². The van der Waals surface area contributed by atoms with Gasteiger partial charge in [0.25, 0.3) is 5.91 Å². The smallest absolute Gasteiger partial charge is 0.253 e. The minimum atomic E-state index is -0.226. The van der Waals surface area contributed by atoms with Crippen molar-refractivity contribution in [3.63, 3.8) is 0 Å². The number of nitrogens with zero attached hydrogens (tertiary/aromatic N) is 2. The molecule has 0 aliphatic carbocycles. The van der Waals surface area contributed by atoms with Gasteiger partial charge in [0.05, 0.1) is 26.2 Å². The number of amides is 2. The molecule has 6 nitrogen and oxygen atoms in total. The first-order valence-electron chi connectivity index (χ1n) is 13.0. The van der Waals surface area contributed by atoms with E-state index >= 15 is 0 Å². The predicted molar refractivity (Wildman–Crippen MR) is 143 cm³/mol. The Morgan fingerprint density at radius 2 is 1.59 bits per heavy atom. The van der Waals surface area contributed by atoms with E-state index in [9.17, 15) is 9.59 Å². The van der Waals surface area contributed by atoms with Gasteiger partial charge in [0.1, 0.15) is 0 Å². The van der Waals surface area contributed by atoms with Crippen molar-refractivity contribution in [2.24, 2.45) is 5.92 Å². The van der Waals surface area contributed by atoms with Crippen molar-refractivity contribution in [1.29, 1.82) is 0 Å². The number of hydrogen-bond donors (Lipinski definition) is 0. The SMILES string of the molecule is COc1cc2c(cc1OC)C(c1ccccc1)N(C(=O)C1CCCN(C(=O)c3ccc(C)cc3)C1)CC2. The van der Waals surface area contributed by atoms with E-state index < -0.39 is 0 Å². The largest absolute Gasteiger partial charge is 0.493 e. The van der Waals surface area contributed by atoms with Gasteiger partial charge in [0.2, 0.25) is 5.91 Å². The fourth-order valence-electron chi connectivity index (χ4n) is 5.65. The molecule has 2 atom stereocenters. The first kappa shape index (κ1) is 24.9. The monoisotopic (exact) mass is 498 g/mol. The van der Waals surface area contributed by atoms with Gasteiger partial charge in [-0.2, -0.15) is 0 Å². The van der Waals surface area contributed by atoms with Crippen molar-refractivity contribution in [3.05, 3.63) is 94.5 Å². The Labute approximate surface area is 218 Å². The number of piperidine rings is 1. The standard InChI is InChI=1S/C31H34N2O4/c1-21-11-13-23(14-12-21)30(34)32-16-7-10-25(20-32)31(35)33-17-15-24-18-27(36-2)28(37-3)19-26(24)29(33)22-8-5-4-6-9-22/h4-6,8-9,11-14,18-19,25,29H,7,10,15-17,20H2,1-3H3. The van der Waals surface area contributed by atoms with E-state index in [-0.39, 0.29) is 23.8 Å². The summed E-state index contributed by atoms with van der Waals surface area (Å²) in [5.41, 5.74) is 5.08. The van der Waals surface area contributed by atoms with Gasteiger partial charge in [-0.05, 0) is 67.1 Å². The van der Waals surface area contributed by atoms with Gasteiger partial charge < -0.3 is 19.3 Å². The summed E-state index contributed by atoms with van der Waals surface area (Å²) in [5, 5.41) is 0. The number of fused-ring (bicyclic) bond motifs is 1. The number of likely N-dealkylation sites (tertiary alicyclic amines) is 1. The Kier molecular flexibility index (Phi) is 7.17. The zero-order valence-corrected chi connectivity index (χ0v) is 21.8. The summed E-state index contributed by atoms with van der Waals surface area (Å²) in [4.78, 5) is 31.2. The van der Waals surface area contributed by atoms with Crippen LogP contribution >= 0.6 is 0 Å². The summed E-state index contributed by atoms with van der Waals surface area (Å²) in [7, 11) is 3.28. The van der Waals surface area contributed by atoms with Gasteiger partial charge in [-0.1, -0.05) is 48.0 Å². The maximum atomic E-state index is 14.1. The second-order valence-electron chi connectivity index (χ2n) is 9.96. The first-order valence-corrected chi connectivity index (χ1v) is 13.0. The van der Waals surface area contributed by atoms with Crippen molar-refractivity contribution in [1.82, 2.24) is 9.80 Å². The van der Waals surface area contributed by atoms with Crippen LogP contribution in [0.2, 0.25) is 0 Å². The minimum absolute atomic E-state index is 0.00192. The van der Waals surface area contributed by atoms with Crippen molar-refractivity contribution in [3.8, 4) is 11.5 Å². The Balaban J connectivity index is 1.44. The van der Waals surface area contributed by atoms with Crippen molar-refractivity contribution in [2.75, 3.05) is 33.9 Å². The van der Waals surface area contributed by atoms with Gasteiger partial charge in [-0.25, -0.2) is 0 Å². The average molecular weight is 499 g/mol. The molecule has 3 aromatic carbocycles. The molecule has 0 saturated carbocycles. The Hall–Kier alpha value is -3.80. The lowest BCUT2D eigenvalue weighted by atomic mass is 9.86. The summed E-state index contributed by atoms with van der Waals surface area (Å²) < 4.78 is 11.2. The Morgan fingerprint density at radius 1 is 0.892 bits per heavy atom. The van der Waals surface area contributed by atoms with Gasteiger partial charge in [0.15, 0.2) is 11.5 Å². The van der Waals surface area contributed by atoms with Gasteiger partial charge >= 0.3 is 0 Å². The molecule has 1 fully saturated rings. The lowest BCUT2D eigenvalue weighted by Gasteiger charge is -2.41. The number of carbonyl (C=O) groups excluding carboxylic acids is 2. The highest BCUT2D eigenvalue weighted by Crippen LogP contribution is 2.42. The van der Waals surface area contributed by atoms with E-state index in [4.69, 9.17) is 9.47 Å². The summed E-state index contributed by atoms with van der Waals surface area (Å²) in [6.45, 7) is 3.75. The van der Waals surface area contributed by atoms with Gasteiger partial charge in [0, 0.05) is 25.2 Å². The molecular weight excluding hydrogens is 464 g/mol. The molecule has 6 heteroatoms. The lowest BCUT2D eigenvalue weighted by molar-refractivity contribution is -0.139. The third-order valence-electron chi connectivity index (χ3n) is 7.63. The summed E-state index contributed by atoms with van der Waals surface area (Å²) in [5.74, 6) is 1.24. The van der Waals surface area contributed by atoms with Crippen molar-refractivity contribution in [2.45, 2.75) is 32.2 Å². The molecule has 2 aliphatic heterocycles. The van der Waals surface area contributed by atoms with Gasteiger partial charge in [-0.3, -0.25) is 9.59 Å². The highest BCUT2D eigenvalue weighted by Gasteiger charge is 2.38. The van der Waals surface area contributed by atoms with E-state index in [1.807, 2.05) is 71.3 Å². The maximum Gasteiger partial charge on any atom is 0.253 e. The van der Waals surface area contributed by atoms with Crippen molar-refractivity contribution < 1.29 is 19.1 Å². The second kappa shape index (κ2) is 10.7. The van der Waals surface area contributed by atoms with E-state index in [2.05, 4.69) is 12.1 Å². The van der Waals surface area contributed by atoms with Crippen LogP contribution < -0.4 is 9.47 Å². The van der Waals surface area contributed by atoms with Crippen LogP contribution in [0.5, 0.6) is 11.5 Å². The molecule has 5 rings (SSSR count). The molecule has 0 spiro atoms. The predicted octanol–water partition coefficient (Wildman–Crippen LogP) is 5.04. The molecule has 2 amide bonds. The molecule has 2 heterocycles.